The maximum Gasteiger partial charge on any atom is 0.233 e. The SMILES string of the molecule is Cc1nc([C@@]2(C)CCCN(C(=O)C3CCOCC3)C2)nc2c1CC(=O)N2C(C)C. The molecular weight excluding hydrogens is 368 g/mol. The van der Waals surface area contributed by atoms with Crippen LogP contribution in [0.15, 0.2) is 0 Å². The zero-order chi connectivity index (χ0) is 20.8. The summed E-state index contributed by atoms with van der Waals surface area (Å²) in [5.74, 6) is 1.94. The molecule has 1 atom stereocenters. The molecule has 158 valence electrons. The summed E-state index contributed by atoms with van der Waals surface area (Å²) in [4.78, 5) is 39.1. The highest BCUT2D eigenvalue weighted by atomic mass is 16.5. The van der Waals surface area contributed by atoms with Gasteiger partial charge in [-0.15, -0.1) is 0 Å². The van der Waals surface area contributed by atoms with Crippen molar-refractivity contribution in [1.82, 2.24) is 14.9 Å². The highest BCUT2D eigenvalue weighted by molar-refractivity contribution is 6.00. The zero-order valence-corrected chi connectivity index (χ0v) is 18.0. The van der Waals surface area contributed by atoms with Crippen molar-refractivity contribution in [2.24, 2.45) is 5.92 Å². The van der Waals surface area contributed by atoms with E-state index >= 15 is 0 Å². The maximum absolute atomic E-state index is 13.1. The summed E-state index contributed by atoms with van der Waals surface area (Å²) < 4.78 is 5.42. The van der Waals surface area contributed by atoms with Crippen LogP contribution in [-0.4, -0.2) is 59.0 Å². The number of carbonyl (C=O) groups is 2. The molecule has 0 aromatic carbocycles. The molecule has 3 aliphatic heterocycles. The summed E-state index contributed by atoms with van der Waals surface area (Å²) in [5, 5.41) is 0. The number of aromatic nitrogens is 2. The average molecular weight is 401 g/mol. The van der Waals surface area contributed by atoms with Gasteiger partial charge in [-0.1, -0.05) is 6.92 Å². The van der Waals surface area contributed by atoms with Crippen LogP contribution in [0.4, 0.5) is 5.82 Å². The predicted molar refractivity (Wildman–Crippen MR) is 110 cm³/mol. The van der Waals surface area contributed by atoms with E-state index in [0.29, 0.717) is 26.2 Å². The highest BCUT2D eigenvalue weighted by Crippen LogP contribution is 2.37. The van der Waals surface area contributed by atoms with Gasteiger partial charge < -0.3 is 9.64 Å². The van der Waals surface area contributed by atoms with E-state index in [9.17, 15) is 9.59 Å². The van der Waals surface area contributed by atoms with Crippen LogP contribution in [0.1, 0.15) is 63.5 Å². The molecule has 4 rings (SSSR count). The Hall–Kier alpha value is -2.02. The number of nitrogens with zero attached hydrogens (tertiary/aromatic N) is 4. The van der Waals surface area contributed by atoms with Gasteiger partial charge in [0.2, 0.25) is 11.8 Å². The van der Waals surface area contributed by atoms with E-state index < -0.39 is 0 Å². The van der Waals surface area contributed by atoms with Gasteiger partial charge >= 0.3 is 0 Å². The summed E-state index contributed by atoms with van der Waals surface area (Å²) in [6.45, 7) is 10.9. The van der Waals surface area contributed by atoms with Gasteiger partial charge in [0.25, 0.3) is 0 Å². The Kier molecular flexibility index (Phi) is 5.36. The number of piperidine rings is 1. The Bertz CT molecular complexity index is 819. The largest absolute Gasteiger partial charge is 0.381 e. The van der Waals surface area contributed by atoms with Crippen molar-refractivity contribution in [1.29, 1.82) is 0 Å². The lowest BCUT2D eigenvalue weighted by molar-refractivity contribution is -0.140. The fourth-order valence-corrected chi connectivity index (χ4v) is 4.96. The van der Waals surface area contributed by atoms with Crippen molar-refractivity contribution in [3.63, 3.8) is 0 Å². The van der Waals surface area contributed by atoms with Crippen molar-refractivity contribution in [3.8, 4) is 0 Å². The average Bonchev–Trinajstić information content (AvgIpc) is 3.05. The monoisotopic (exact) mass is 400 g/mol. The number of fused-ring (bicyclic) bond motifs is 1. The van der Waals surface area contributed by atoms with E-state index in [1.165, 1.54) is 0 Å². The molecule has 0 unspecified atom stereocenters. The van der Waals surface area contributed by atoms with Crippen LogP contribution >= 0.6 is 0 Å². The molecule has 7 heteroatoms. The molecule has 0 bridgehead atoms. The van der Waals surface area contributed by atoms with E-state index in [-0.39, 0.29) is 29.2 Å². The minimum atomic E-state index is -0.298. The Labute approximate surface area is 172 Å². The Balaban J connectivity index is 1.61. The van der Waals surface area contributed by atoms with Gasteiger partial charge in [-0.05, 0) is 46.5 Å². The normalized spacial score (nSPS) is 25.6. The Morgan fingerprint density at radius 2 is 1.97 bits per heavy atom. The Morgan fingerprint density at radius 1 is 1.24 bits per heavy atom. The van der Waals surface area contributed by atoms with Crippen molar-refractivity contribution in [2.45, 2.75) is 71.3 Å². The van der Waals surface area contributed by atoms with Crippen LogP contribution in [0.3, 0.4) is 0 Å². The summed E-state index contributed by atoms with van der Waals surface area (Å²) >= 11 is 0. The lowest BCUT2D eigenvalue weighted by atomic mass is 9.80. The molecule has 4 heterocycles. The fraction of sp³-hybridized carbons (Fsp3) is 0.727. The zero-order valence-electron chi connectivity index (χ0n) is 18.0. The van der Waals surface area contributed by atoms with Crippen LogP contribution in [0, 0.1) is 12.8 Å². The number of anilines is 1. The topological polar surface area (TPSA) is 75.6 Å². The lowest BCUT2D eigenvalue weighted by Gasteiger charge is -2.41. The van der Waals surface area contributed by atoms with Gasteiger partial charge in [0.15, 0.2) is 0 Å². The van der Waals surface area contributed by atoms with Crippen molar-refractivity contribution < 1.29 is 14.3 Å². The highest BCUT2D eigenvalue weighted by Gasteiger charge is 2.41. The van der Waals surface area contributed by atoms with E-state index in [1.54, 1.807) is 4.90 Å². The van der Waals surface area contributed by atoms with Gasteiger partial charge in [0.1, 0.15) is 11.6 Å². The van der Waals surface area contributed by atoms with Crippen LogP contribution in [0.5, 0.6) is 0 Å². The number of ether oxygens (including phenoxy) is 1. The molecule has 0 aliphatic carbocycles. The molecule has 3 aliphatic rings. The first kappa shape index (κ1) is 20.3. The van der Waals surface area contributed by atoms with Crippen LogP contribution in [0.2, 0.25) is 0 Å². The van der Waals surface area contributed by atoms with E-state index in [1.807, 2.05) is 25.7 Å². The van der Waals surface area contributed by atoms with Crippen LogP contribution in [0.25, 0.3) is 0 Å². The molecule has 0 saturated carbocycles. The minimum absolute atomic E-state index is 0.0664. The minimum Gasteiger partial charge on any atom is -0.381 e. The third kappa shape index (κ3) is 3.65. The molecule has 1 aromatic heterocycles. The summed E-state index contributed by atoms with van der Waals surface area (Å²) in [6.07, 6.45) is 3.89. The fourth-order valence-electron chi connectivity index (χ4n) is 4.96. The summed E-state index contributed by atoms with van der Waals surface area (Å²) in [7, 11) is 0. The molecule has 2 amide bonds. The van der Waals surface area contributed by atoms with Crippen LogP contribution in [-0.2, 0) is 26.2 Å². The summed E-state index contributed by atoms with van der Waals surface area (Å²) in [6, 6.07) is 0.0664. The van der Waals surface area contributed by atoms with Gasteiger partial charge in [-0.2, -0.15) is 0 Å². The second-order valence-corrected chi connectivity index (χ2v) is 9.28. The molecule has 29 heavy (non-hydrogen) atoms. The lowest BCUT2D eigenvalue weighted by Crippen LogP contribution is -2.50. The number of likely N-dealkylation sites (tertiary alicyclic amines) is 1. The number of aryl methyl sites for hydroxylation is 1. The molecule has 0 N–H and O–H groups in total. The smallest absolute Gasteiger partial charge is 0.233 e. The first-order valence-corrected chi connectivity index (χ1v) is 10.9. The Morgan fingerprint density at radius 3 is 2.66 bits per heavy atom. The van der Waals surface area contributed by atoms with Gasteiger partial charge in [-0.3, -0.25) is 14.5 Å². The second-order valence-electron chi connectivity index (χ2n) is 9.28. The number of rotatable bonds is 3. The van der Waals surface area contributed by atoms with E-state index in [4.69, 9.17) is 14.7 Å². The number of amides is 2. The van der Waals surface area contributed by atoms with E-state index in [0.717, 1.165) is 55.1 Å². The summed E-state index contributed by atoms with van der Waals surface area (Å²) in [5.41, 5.74) is 1.53. The van der Waals surface area contributed by atoms with Gasteiger partial charge in [-0.25, -0.2) is 9.97 Å². The first-order chi connectivity index (χ1) is 13.8. The van der Waals surface area contributed by atoms with Crippen molar-refractivity contribution in [2.75, 3.05) is 31.2 Å². The first-order valence-electron chi connectivity index (χ1n) is 10.9. The molecule has 0 radical (unpaired) electrons. The molecule has 2 fully saturated rings. The maximum atomic E-state index is 13.1. The molecular formula is C22H32N4O3. The standard InChI is InChI=1S/C22H32N4O3/c1-14(2)26-18(27)12-17-15(3)23-21(24-19(17)26)22(4)8-5-9-25(13-22)20(28)16-6-10-29-11-7-16/h14,16H,5-13H2,1-4H3/t22-/m0/s1. The second kappa shape index (κ2) is 7.67. The number of hydrogen-bond donors (Lipinski definition) is 0. The van der Waals surface area contributed by atoms with Gasteiger partial charge in [0.05, 0.1) is 6.42 Å². The molecule has 7 nitrogen and oxygen atoms in total. The molecule has 2 saturated heterocycles. The third-order valence-electron chi connectivity index (χ3n) is 6.65. The third-order valence-corrected chi connectivity index (χ3v) is 6.65. The molecule has 0 spiro atoms. The number of hydrogen-bond acceptors (Lipinski definition) is 5. The molecule has 1 aromatic rings. The van der Waals surface area contributed by atoms with Crippen molar-refractivity contribution in [3.05, 3.63) is 17.1 Å². The van der Waals surface area contributed by atoms with Crippen molar-refractivity contribution >= 4 is 17.6 Å². The van der Waals surface area contributed by atoms with Gasteiger partial charge in [0, 0.05) is 54.9 Å². The van der Waals surface area contributed by atoms with E-state index in [2.05, 4.69) is 6.92 Å². The predicted octanol–water partition coefficient (Wildman–Crippen LogP) is 2.39. The quantitative estimate of drug-likeness (QED) is 0.779. The van der Waals surface area contributed by atoms with Crippen LogP contribution < -0.4 is 4.90 Å². The number of carbonyl (C=O) groups excluding carboxylic acids is 2.